The van der Waals surface area contributed by atoms with Gasteiger partial charge in [-0.15, -0.1) is 0 Å². The van der Waals surface area contributed by atoms with E-state index >= 15 is 0 Å². The molecule has 1 aromatic rings. The van der Waals surface area contributed by atoms with Gasteiger partial charge in [0.15, 0.2) is 0 Å². The van der Waals surface area contributed by atoms with Crippen LogP contribution in [0.4, 0.5) is 0 Å². The Balaban J connectivity index is 2.01. The van der Waals surface area contributed by atoms with Gasteiger partial charge in [0, 0.05) is 13.1 Å². The number of hydrogen-bond acceptors (Lipinski definition) is 4. The number of carboxylic acids is 1. The van der Waals surface area contributed by atoms with Gasteiger partial charge in [0.2, 0.25) is 5.91 Å². The highest BCUT2D eigenvalue weighted by atomic mass is 16.4. The lowest BCUT2D eigenvalue weighted by atomic mass is 10.0. The predicted molar refractivity (Wildman–Crippen MR) is 67.6 cm³/mol. The van der Waals surface area contributed by atoms with Crippen molar-refractivity contribution in [3.8, 4) is 5.75 Å². The predicted octanol–water partition coefficient (Wildman–Crippen LogP) is -0.0509. The van der Waals surface area contributed by atoms with E-state index in [4.69, 9.17) is 10.8 Å². The molecule has 1 fully saturated rings. The number of nitrogens with zero attached hydrogens (tertiary/aromatic N) is 1. The van der Waals surface area contributed by atoms with Gasteiger partial charge in [0.05, 0.1) is 6.42 Å². The van der Waals surface area contributed by atoms with Crippen molar-refractivity contribution in [2.45, 2.75) is 18.4 Å². The van der Waals surface area contributed by atoms with Gasteiger partial charge in [-0.3, -0.25) is 9.59 Å². The Morgan fingerprint density at radius 3 is 2.74 bits per heavy atom. The lowest BCUT2D eigenvalue weighted by Gasteiger charge is -2.20. The fraction of sp³-hybridized carbons (Fsp3) is 0.385. The Labute approximate surface area is 110 Å². The fourth-order valence-electron chi connectivity index (χ4n) is 2.17. The largest absolute Gasteiger partial charge is 0.508 e. The lowest BCUT2D eigenvalue weighted by molar-refractivity contribution is -0.143. The molecule has 1 aliphatic rings. The fourth-order valence-corrected chi connectivity index (χ4v) is 2.17. The Bertz CT molecular complexity index is 517. The van der Waals surface area contributed by atoms with Crippen molar-refractivity contribution in [3.05, 3.63) is 29.8 Å². The molecule has 0 bridgehead atoms. The number of carbonyl (C=O) groups is 2. The van der Waals surface area contributed by atoms with E-state index in [1.807, 2.05) is 0 Å². The molecule has 1 aliphatic heterocycles. The molecule has 1 heterocycles. The van der Waals surface area contributed by atoms with Crippen molar-refractivity contribution >= 4 is 11.9 Å². The summed E-state index contributed by atoms with van der Waals surface area (Å²) in [5.41, 5.74) is 5.06. The van der Waals surface area contributed by atoms with Gasteiger partial charge in [0.1, 0.15) is 11.3 Å². The first-order valence-corrected chi connectivity index (χ1v) is 5.99. The van der Waals surface area contributed by atoms with E-state index in [-0.39, 0.29) is 31.0 Å². The van der Waals surface area contributed by atoms with Crippen molar-refractivity contribution in [1.29, 1.82) is 0 Å². The first-order valence-electron chi connectivity index (χ1n) is 5.99. The molecular weight excluding hydrogens is 248 g/mol. The molecule has 0 spiro atoms. The molecule has 4 N–H and O–H groups in total. The molecule has 0 saturated carbocycles. The van der Waals surface area contributed by atoms with Crippen molar-refractivity contribution in [2.75, 3.05) is 13.1 Å². The minimum absolute atomic E-state index is 0.0278. The summed E-state index contributed by atoms with van der Waals surface area (Å²) in [7, 11) is 0. The summed E-state index contributed by atoms with van der Waals surface area (Å²) < 4.78 is 0. The maximum absolute atomic E-state index is 12.0. The number of amides is 1. The summed E-state index contributed by atoms with van der Waals surface area (Å²) in [6, 6.07) is 6.44. The minimum atomic E-state index is -1.34. The molecule has 1 saturated heterocycles. The van der Waals surface area contributed by atoms with E-state index in [9.17, 15) is 14.7 Å². The average molecular weight is 264 g/mol. The van der Waals surface area contributed by atoms with Gasteiger partial charge in [-0.1, -0.05) is 12.1 Å². The highest BCUT2D eigenvalue weighted by Crippen LogP contribution is 2.20. The Kier molecular flexibility index (Phi) is 3.44. The third kappa shape index (κ3) is 2.85. The van der Waals surface area contributed by atoms with E-state index in [1.54, 1.807) is 12.1 Å². The molecule has 6 heteroatoms. The van der Waals surface area contributed by atoms with Gasteiger partial charge >= 0.3 is 5.97 Å². The number of aromatic hydroxyl groups is 1. The standard InChI is InChI=1S/C13H16N2O4/c14-13(12(18)19)4-5-15(8-13)11(17)7-9-2-1-3-10(16)6-9/h1-3,6,16H,4-5,7-8,14H2,(H,18,19). The summed E-state index contributed by atoms with van der Waals surface area (Å²) in [5, 5.41) is 18.3. The highest BCUT2D eigenvalue weighted by molar-refractivity contribution is 5.84. The summed E-state index contributed by atoms with van der Waals surface area (Å²) >= 11 is 0. The van der Waals surface area contributed by atoms with E-state index in [2.05, 4.69) is 0 Å². The zero-order valence-electron chi connectivity index (χ0n) is 10.4. The molecule has 6 nitrogen and oxygen atoms in total. The maximum atomic E-state index is 12.0. The zero-order valence-corrected chi connectivity index (χ0v) is 10.4. The van der Waals surface area contributed by atoms with Crippen LogP contribution in [0, 0.1) is 0 Å². The third-order valence-electron chi connectivity index (χ3n) is 3.35. The average Bonchev–Trinajstić information content (AvgIpc) is 2.73. The summed E-state index contributed by atoms with van der Waals surface area (Å²) in [6.45, 7) is 0.375. The number of nitrogens with two attached hydrogens (primary N) is 1. The molecule has 0 aliphatic carbocycles. The van der Waals surface area contributed by atoms with E-state index in [1.165, 1.54) is 17.0 Å². The first-order chi connectivity index (χ1) is 8.90. The van der Waals surface area contributed by atoms with E-state index in [0.29, 0.717) is 12.1 Å². The lowest BCUT2D eigenvalue weighted by Crippen LogP contribution is -2.50. The van der Waals surface area contributed by atoms with Crippen LogP contribution >= 0.6 is 0 Å². The zero-order chi connectivity index (χ0) is 14.0. The number of carbonyl (C=O) groups excluding carboxylic acids is 1. The molecule has 102 valence electrons. The molecule has 1 amide bonds. The number of rotatable bonds is 3. The molecule has 1 aromatic carbocycles. The van der Waals surface area contributed by atoms with Crippen molar-refractivity contribution in [2.24, 2.45) is 5.73 Å². The quantitative estimate of drug-likeness (QED) is 0.710. The second kappa shape index (κ2) is 4.89. The van der Waals surface area contributed by atoms with E-state index < -0.39 is 11.5 Å². The van der Waals surface area contributed by atoms with Crippen LogP contribution in [0.25, 0.3) is 0 Å². The number of benzene rings is 1. The number of likely N-dealkylation sites (tertiary alicyclic amines) is 1. The van der Waals surface area contributed by atoms with Crippen molar-refractivity contribution < 1.29 is 19.8 Å². The maximum Gasteiger partial charge on any atom is 0.325 e. The van der Waals surface area contributed by atoms with Gasteiger partial charge < -0.3 is 20.8 Å². The number of aliphatic carboxylic acids is 1. The Hall–Kier alpha value is -2.08. The van der Waals surface area contributed by atoms with Crippen molar-refractivity contribution in [1.82, 2.24) is 4.90 Å². The third-order valence-corrected chi connectivity index (χ3v) is 3.35. The normalized spacial score (nSPS) is 22.5. The molecule has 0 radical (unpaired) electrons. The Morgan fingerprint density at radius 1 is 1.42 bits per heavy atom. The van der Waals surface area contributed by atoms with Crippen LogP contribution in [-0.2, 0) is 16.0 Å². The number of carboxylic acid groups (broad SMARTS) is 1. The number of phenolic OH excluding ortho intramolecular Hbond substituents is 1. The van der Waals surface area contributed by atoms with Crippen LogP contribution < -0.4 is 5.73 Å². The van der Waals surface area contributed by atoms with Gasteiger partial charge in [0.25, 0.3) is 0 Å². The number of phenols is 1. The van der Waals surface area contributed by atoms with Crippen LogP contribution in [0.2, 0.25) is 0 Å². The van der Waals surface area contributed by atoms with Gasteiger partial charge in [-0.2, -0.15) is 0 Å². The topological polar surface area (TPSA) is 104 Å². The molecule has 0 aromatic heterocycles. The number of hydrogen-bond donors (Lipinski definition) is 3. The van der Waals surface area contributed by atoms with Crippen LogP contribution in [0.1, 0.15) is 12.0 Å². The first kappa shape index (κ1) is 13.4. The van der Waals surface area contributed by atoms with E-state index in [0.717, 1.165) is 0 Å². The molecule has 1 unspecified atom stereocenters. The summed E-state index contributed by atoms with van der Waals surface area (Å²) in [5.74, 6) is -1.16. The SMILES string of the molecule is NC1(C(=O)O)CCN(C(=O)Cc2cccc(O)c2)C1. The van der Waals surface area contributed by atoms with Crippen molar-refractivity contribution in [3.63, 3.8) is 0 Å². The van der Waals surface area contributed by atoms with Gasteiger partial charge in [-0.05, 0) is 24.1 Å². The monoisotopic (exact) mass is 264 g/mol. The minimum Gasteiger partial charge on any atom is -0.508 e. The molecule has 2 rings (SSSR count). The Morgan fingerprint density at radius 2 is 2.16 bits per heavy atom. The molecular formula is C13H16N2O4. The van der Waals surface area contributed by atoms with Crippen LogP contribution in [0.3, 0.4) is 0 Å². The molecule has 1 atom stereocenters. The smallest absolute Gasteiger partial charge is 0.325 e. The highest BCUT2D eigenvalue weighted by Gasteiger charge is 2.42. The second-order valence-corrected chi connectivity index (χ2v) is 4.87. The summed E-state index contributed by atoms with van der Waals surface area (Å²) in [6.07, 6.45) is 0.387. The van der Waals surface area contributed by atoms with Crippen LogP contribution in [-0.4, -0.2) is 45.6 Å². The van der Waals surface area contributed by atoms with Crippen LogP contribution in [0.5, 0.6) is 5.75 Å². The van der Waals surface area contributed by atoms with Gasteiger partial charge in [-0.25, -0.2) is 0 Å². The second-order valence-electron chi connectivity index (χ2n) is 4.87. The molecule has 19 heavy (non-hydrogen) atoms. The summed E-state index contributed by atoms with van der Waals surface area (Å²) in [4.78, 5) is 24.5. The van der Waals surface area contributed by atoms with Crippen LogP contribution in [0.15, 0.2) is 24.3 Å².